The van der Waals surface area contributed by atoms with Gasteiger partial charge < -0.3 is 4.74 Å². The van der Waals surface area contributed by atoms with Crippen LogP contribution in [0.1, 0.15) is 45.4 Å². The van der Waals surface area contributed by atoms with Gasteiger partial charge >= 0.3 is 0 Å². The fourth-order valence-electron chi connectivity index (χ4n) is 2.15. The van der Waals surface area contributed by atoms with Crippen molar-refractivity contribution in [3.8, 4) is 0 Å². The molecular weight excluding hydrogens is 172 g/mol. The maximum atomic E-state index is 5.59. The highest BCUT2D eigenvalue weighted by Gasteiger charge is 2.24. The van der Waals surface area contributed by atoms with Crippen LogP contribution in [0.15, 0.2) is 0 Å². The molecule has 0 amide bonds. The third-order valence-electron chi connectivity index (χ3n) is 2.78. The molecular formula is C10H19ClO. The molecule has 0 aromatic heterocycles. The Balaban J connectivity index is 2.29. The van der Waals surface area contributed by atoms with Gasteiger partial charge in [0.1, 0.15) is 6.07 Å². The van der Waals surface area contributed by atoms with Gasteiger partial charge in [0.2, 0.25) is 0 Å². The second-order valence-corrected chi connectivity index (χ2v) is 3.87. The molecule has 1 aliphatic rings. The lowest BCUT2D eigenvalue weighted by molar-refractivity contribution is 0.0348. The Hall–Kier alpha value is 0.250. The third kappa shape index (κ3) is 2.95. The van der Waals surface area contributed by atoms with Crippen molar-refractivity contribution in [3.05, 3.63) is 0 Å². The highest BCUT2D eigenvalue weighted by Crippen LogP contribution is 2.31. The monoisotopic (exact) mass is 190 g/mol. The van der Waals surface area contributed by atoms with Crippen LogP contribution in [0.3, 0.4) is 0 Å². The van der Waals surface area contributed by atoms with Crippen molar-refractivity contribution in [3.63, 3.8) is 0 Å². The normalized spacial score (nSPS) is 21.5. The molecule has 12 heavy (non-hydrogen) atoms. The lowest BCUT2D eigenvalue weighted by Gasteiger charge is -2.21. The minimum Gasteiger partial charge on any atom is -0.362 e. The summed E-state index contributed by atoms with van der Waals surface area (Å²) >= 11 is 5.59. The first-order valence-electron chi connectivity index (χ1n) is 5.06. The van der Waals surface area contributed by atoms with Crippen LogP contribution < -0.4 is 0 Å². The summed E-state index contributed by atoms with van der Waals surface area (Å²) in [6.45, 7) is 2.21. The van der Waals surface area contributed by atoms with Crippen molar-refractivity contribution in [1.29, 1.82) is 0 Å². The van der Waals surface area contributed by atoms with Crippen LogP contribution in [0.4, 0.5) is 0 Å². The zero-order chi connectivity index (χ0) is 8.81. The van der Waals surface area contributed by atoms with Gasteiger partial charge in [-0.2, -0.15) is 0 Å². The molecule has 0 bridgehead atoms. The Kier molecular flexibility index (Phi) is 5.01. The summed E-state index contributed by atoms with van der Waals surface area (Å²) in [6.07, 6.45) is 8.29. The summed E-state index contributed by atoms with van der Waals surface area (Å²) in [6, 6.07) is 0.362. The molecule has 1 atom stereocenters. The molecule has 1 unspecified atom stereocenters. The number of hydrogen-bond acceptors (Lipinski definition) is 1. The zero-order valence-corrected chi connectivity index (χ0v) is 8.65. The van der Waals surface area contributed by atoms with Crippen LogP contribution in [0.2, 0.25) is 0 Å². The second kappa shape index (κ2) is 5.82. The Bertz CT molecular complexity index is 104. The Morgan fingerprint density at radius 3 is 2.58 bits per heavy atom. The molecule has 0 aromatic rings. The molecule has 0 heterocycles. The van der Waals surface area contributed by atoms with E-state index in [-0.39, 0.29) is 0 Å². The predicted octanol–water partition coefficient (Wildman–Crippen LogP) is 3.56. The Labute approximate surface area is 80.4 Å². The van der Waals surface area contributed by atoms with Gasteiger partial charge in [-0.3, -0.25) is 0 Å². The molecule has 0 radical (unpaired) electrons. The van der Waals surface area contributed by atoms with Crippen molar-refractivity contribution in [2.24, 2.45) is 5.92 Å². The lowest BCUT2D eigenvalue weighted by atomic mass is 9.97. The summed E-state index contributed by atoms with van der Waals surface area (Å²) < 4.78 is 5.53. The van der Waals surface area contributed by atoms with Gasteiger partial charge in [0.05, 0.1) is 6.10 Å². The molecule has 0 spiro atoms. The average molecular weight is 191 g/mol. The molecule has 0 saturated heterocycles. The van der Waals surface area contributed by atoms with E-state index in [1.165, 1.54) is 38.5 Å². The van der Waals surface area contributed by atoms with Crippen molar-refractivity contribution in [2.45, 2.75) is 51.6 Å². The largest absolute Gasteiger partial charge is 0.362 e. The molecule has 1 fully saturated rings. The summed E-state index contributed by atoms with van der Waals surface area (Å²) in [7, 11) is 0. The number of alkyl halides is 1. The lowest BCUT2D eigenvalue weighted by Crippen LogP contribution is -2.21. The van der Waals surface area contributed by atoms with Crippen molar-refractivity contribution >= 4 is 11.6 Å². The van der Waals surface area contributed by atoms with Gasteiger partial charge in [-0.15, -0.1) is 0 Å². The average Bonchev–Trinajstić information content (AvgIpc) is 2.56. The summed E-state index contributed by atoms with van der Waals surface area (Å²) in [5, 5.41) is 0. The highest BCUT2D eigenvalue weighted by atomic mass is 35.5. The molecule has 1 aliphatic carbocycles. The van der Waals surface area contributed by atoms with E-state index in [4.69, 9.17) is 16.3 Å². The topological polar surface area (TPSA) is 9.23 Å². The minimum absolute atomic E-state index is 0.362. The van der Waals surface area contributed by atoms with Crippen LogP contribution in [0.25, 0.3) is 0 Å². The summed E-state index contributed by atoms with van der Waals surface area (Å²) in [5.74, 6) is 0.795. The SMILES string of the molecule is CCCC(OCCl)C1CCCC1. The number of ether oxygens (including phenoxy) is 1. The number of halogens is 1. The van der Waals surface area contributed by atoms with E-state index in [0.717, 1.165) is 5.92 Å². The van der Waals surface area contributed by atoms with Crippen LogP contribution >= 0.6 is 11.6 Å². The fraction of sp³-hybridized carbons (Fsp3) is 1.00. The third-order valence-corrected chi connectivity index (χ3v) is 2.90. The molecule has 0 N–H and O–H groups in total. The van der Waals surface area contributed by atoms with Gasteiger partial charge in [0.25, 0.3) is 0 Å². The first-order valence-corrected chi connectivity index (χ1v) is 5.59. The first kappa shape index (κ1) is 10.3. The minimum atomic E-state index is 0.362. The van der Waals surface area contributed by atoms with Crippen molar-refractivity contribution in [1.82, 2.24) is 0 Å². The second-order valence-electron chi connectivity index (χ2n) is 3.65. The van der Waals surface area contributed by atoms with E-state index >= 15 is 0 Å². The van der Waals surface area contributed by atoms with Gasteiger partial charge in [-0.05, 0) is 25.2 Å². The smallest absolute Gasteiger partial charge is 0.121 e. The standard InChI is InChI=1S/C10H19ClO/c1-2-5-10(12-8-11)9-6-3-4-7-9/h9-10H,2-8H2,1H3. The highest BCUT2D eigenvalue weighted by molar-refractivity contribution is 6.17. The van der Waals surface area contributed by atoms with Gasteiger partial charge in [0.15, 0.2) is 0 Å². The molecule has 0 aromatic carbocycles. The van der Waals surface area contributed by atoms with Crippen molar-refractivity contribution in [2.75, 3.05) is 6.07 Å². The van der Waals surface area contributed by atoms with E-state index in [2.05, 4.69) is 6.92 Å². The molecule has 1 nitrogen and oxygen atoms in total. The van der Waals surface area contributed by atoms with E-state index in [9.17, 15) is 0 Å². The van der Waals surface area contributed by atoms with E-state index in [0.29, 0.717) is 12.2 Å². The molecule has 0 aliphatic heterocycles. The first-order chi connectivity index (χ1) is 5.88. The molecule has 72 valence electrons. The van der Waals surface area contributed by atoms with E-state index in [1.54, 1.807) is 0 Å². The zero-order valence-electron chi connectivity index (χ0n) is 7.89. The van der Waals surface area contributed by atoms with Crippen LogP contribution in [-0.4, -0.2) is 12.2 Å². The van der Waals surface area contributed by atoms with E-state index in [1.807, 2.05) is 0 Å². The van der Waals surface area contributed by atoms with Crippen LogP contribution in [0, 0.1) is 5.92 Å². The summed E-state index contributed by atoms with van der Waals surface area (Å²) in [5.41, 5.74) is 0. The maximum absolute atomic E-state index is 5.59. The fourth-order valence-corrected chi connectivity index (χ4v) is 2.31. The van der Waals surface area contributed by atoms with Crippen molar-refractivity contribution < 1.29 is 4.74 Å². The number of hydrogen-bond donors (Lipinski definition) is 0. The van der Waals surface area contributed by atoms with Gasteiger partial charge in [0, 0.05) is 0 Å². The Morgan fingerprint density at radius 1 is 1.42 bits per heavy atom. The Morgan fingerprint density at radius 2 is 2.08 bits per heavy atom. The quantitative estimate of drug-likeness (QED) is 0.603. The predicted molar refractivity (Wildman–Crippen MR) is 52.5 cm³/mol. The molecule has 1 saturated carbocycles. The van der Waals surface area contributed by atoms with Gasteiger partial charge in [-0.25, -0.2) is 0 Å². The maximum Gasteiger partial charge on any atom is 0.121 e. The van der Waals surface area contributed by atoms with Gasteiger partial charge in [-0.1, -0.05) is 37.8 Å². The van der Waals surface area contributed by atoms with Crippen LogP contribution in [0.5, 0.6) is 0 Å². The van der Waals surface area contributed by atoms with Crippen LogP contribution in [-0.2, 0) is 4.74 Å². The van der Waals surface area contributed by atoms with E-state index < -0.39 is 0 Å². The summed E-state index contributed by atoms with van der Waals surface area (Å²) in [4.78, 5) is 0. The number of rotatable bonds is 5. The molecule has 2 heteroatoms. The molecule has 1 rings (SSSR count).